The summed E-state index contributed by atoms with van der Waals surface area (Å²) in [5.74, 6) is -6.59. The molecule has 0 bridgehead atoms. The Kier molecular flexibility index (Phi) is 37.3. The van der Waals surface area contributed by atoms with E-state index < -0.39 is 377 Å². The van der Waals surface area contributed by atoms with Crippen molar-refractivity contribution in [2.24, 2.45) is 55.3 Å². The number of thioether (sulfide) groups is 1. The molecule has 10 heterocycles. The van der Waals surface area contributed by atoms with E-state index >= 15 is 4.79 Å². The molecule has 0 aromatic carbocycles. The van der Waals surface area contributed by atoms with Crippen LogP contribution in [-0.2, 0) is 119 Å². The van der Waals surface area contributed by atoms with Gasteiger partial charge in [0.25, 0.3) is 0 Å². The van der Waals surface area contributed by atoms with E-state index in [0.717, 1.165) is 12.5 Å². The number of aliphatic carboxylic acids is 1. The van der Waals surface area contributed by atoms with Crippen molar-refractivity contribution in [3.05, 3.63) is 11.6 Å². The first-order chi connectivity index (χ1) is 69.7. The van der Waals surface area contributed by atoms with Crippen LogP contribution in [0.1, 0.15) is 159 Å². The molecule has 0 radical (unpaired) electrons. The SMILES string of the molecule is CC(=O)OC1C(C)OC(OC2C(C)OC(OC(=O)[C@]34CCC(C)(C)CC3C3=CCC5[C@@]6(C)CC[C@H](OC7OC(C(=O)O)C(O)C(OC8OCC(O)C(O)C8O)C7OC7OC(CO)C(O)C(O)C7O)[C@@](C)(/C=N/NC(=O)CCCCCN7C(=O)CC(SCCO)C7=O)C6CC[C@@]5(C)[C@]3(C)C[C@H]4O)C(OC3OC(C)C(OC4OCC(O)C(OC5OC(CO)C(O)C(O)C5O)C4O)C(O)C3O)C2O)C(O)C1OC1OCC(O)C(O)C1O. The Morgan fingerprint density at radius 2 is 0.993 bits per heavy atom. The number of carboxylic acid groups (broad SMARTS) is 1. The second-order valence-corrected chi connectivity index (χ2v) is 45.3. The number of ether oxygens (including phenoxy) is 19. The van der Waals surface area contributed by atoms with Gasteiger partial charge in [-0.1, -0.05) is 59.6 Å². The summed E-state index contributed by atoms with van der Waals surface area (Å²) in [7, 11) is 0. The highest BCUT2D eigenvalue weighted by Gasteiger charge is 2.74. The van der Waals surface area contributed by atoms with Crippen LogP contribution in [0.15, 0.2) is 16.8 Å². The molecule has 10 saturated heterocycles. The number of allylic oxidation sites excluding steroid dienone is 2. The molecule has 844 valence electrons. The van der Waals surface area contributed by atoms with Crippen LogP contribution in [0.25, 0.3) is 0 Å². The minimum atomic E-state index is -2.32. The first-order valence-corrected chi connectivity index (χ1v) is 51.9. The maximum absolute atomic E-state index is 16.6. The number of likely N-dealkylation sites (tertiary alicyclic amines) is 1. The number of fused-ring (bicyclic) bond motifs is 7. The van der Waals surface area contributed by atoms with Crippen LogP contribution in [0.4, 0.5) is 0 Å². The third-order valence-corrected chi connectivity index (χ3v) is 35.3. The van der Waals surface area contributed by atoms with E-state index in [4.69, 9.17) is 90.0 Å². The van der Waals surface area contributed by atoms with E-state index in [1.165, 1.54) is 43.6 Å². The Bertz CT molecular complexity index is 4580. The highest BCUT2D eigenvalue weighted by atomic mass is 32.2. The van der Waals surface area contributed by atoms with Gasteiger partial charge in [-0.25, -0.2) is 10.2 Å². The van der Waals surface area contributed by atoms with Crippen molar-refractivity contribution in [1.82, 2.24) is 10.3 Å². The number of hydrazone groups is 1. The predicted molar refractivity (Wildman–Crippen MR) is 489 cm³/mol. The van der Waals surface area contributed by atoms with Gasteiger partial charge in [-0.2, -0.15) is 5.10 Å². The number of hydrogen-bond donors (Lipinski definition) is 25. The topological polar surface area (TPSA) is 791 Å². The number of imide groups is 1. The van der Waals surface area contributed by atoms with Crippen LogP contribution in [0.2, 0.25) is 0 Å². The normalized spacial score (nSPS) is 49.9. The third kappa shape index (κ3) is 22.6. The molecule has 148 heavy (non-hydrogen) atoms. The number of unbranched alkanes of at least 4 members (excludes halogenated alkanes) is 2. The van der Waals surface area contributed by atoms with Crippen molar-refractivity contribution >= 4 is 53.6 Å². The van der Waals surface area contributed by atoms with Gasteiger partial charge in [-0.3, -0.25) is 28.9 Å². The van der Waals surface area contributed by atoms with Gasteiger partial charge in [-0.05, 0) is 131 Å². The van der Waals surface area contributed by atoms with Gasteiger partial charge < -0.3 is 213 Å². The number of amides is 3. The van der Waals surface area contributed by atoms with Gasteiger partial charge in [0.2, 0.25) is 24.0 Å². The summed E-state index contributed by atoms with van der Waals surface area (Å²) in [6.45, 7) is 13.4. The average Bonchev–Trinajstić information content (AvgIpc) is 0.760. The summed E-state index contributed by atoms with van der Waals surface area (Å²) in [5, 5.41) is 274. The van der Waals surface area contributed by atoms with Crippen molar-refractivity contribution in [1.29, 1.82) is 0 Å². The molecule has 0 aromatic rings. The fourth-order valence-electron chi connectivity index (χ4n) is 25.5. The minimum absolute atomic E-state index is 0.00975. The molecule has 53 heteroatoms. The summed E-state index contributed by atoms with van der Waals surface area (Å²) in [6, 6.07) is 0. The molecule has 52 nitrogen and oxygen atoms in total. The first kappa shape index (κ1) is 117. The van der Waals surface area contributed by atoms with Gasteiger partial charge >= 0.3 is 17.9 Å². The summed E-state index contributed by atoms with van der Waals surface area (Å²) in [6.07, 6.45) is -76.7. The standard InChI is InChI=1S/C95H149N3O49S/c1-35-69(139-82-67(123)72(43(105)33-131-82)141-84-62(118)57(113)55(111)44(29-100)136-84)59(115)64(120)83(132-35)145-76-65(121)70(140-86-68(124)74(71(37(3)133-86)135-38(4)102)143-81-61(117)54(110)42(104)32-130-81)36(2)134-87(76)147-89(128)95-22-21-90(5,6)27-40(95)39-15-16-48-91(7)19-18-50(138-88-77(146-85-63(119)58(114)56(112)45(30-101)137-85)73(66(122)75(144-88)79(126)127)142-80-60(116)53(109)41(103)31-129-80)92(8,47(91)17-20-93(48,9)94(39,10)28-49(95)106)34-96-97-51(107)14-12-11-13-23-98-52(108)26-46(78(98)125)148-25-24-99/h15,34-37,40-50,53-77,80-88,99-101,103-106,109-124H,11-14,16-33H2,1-10H3,(H,97,107)(H,126,127)/b96-34+/t35?,36?,37?,40?,41?,42?,43?,44?,45?,46?,47?,48?,49-,50+,53?,54?,55?,56?,57?,58?,59?,60?,61?,62?,63?,64?,65?,66?,67?,68?,69?,70?,71?,72?,73?,74?,75?,76?,77?,80?,81?,82?,83?,84?,85?,86?,87?,88?,91+,92+,93-,94-,95-/m1/s1. The van der Waals surface area contributed by atoms with Crippen molar-refractivity contribution < 1.29 is 241 Å². The fourth-order valence-corrected chi connectivity index (χ4v) is 26.4. The maximum Gasteiger partial charge on any atom is 0.335 e. The molecule has 5 aliphatic carbocycles. The summed E-state index contributed by atoms with van der Waals surface area (Å²) in [4.78, 5) is 84.1. The number of rotatable bonds is 33. The van der Waals surface area contributed by atoms with E-state index in [2.05, 4.69) is 30.5 Å². The third-order valence-electron chi connectivity index (χ3n) is 34.1. The number of nitrogens with one attached hydrogen (secondary N) is 1. The van der Waals surface area contributed by atoms with Crippen LogP contribution in [-0.4, -0.2) is 497 Å². The summed E-state index contributed by atoms with van der Waals surface area (Å²) >= 11 is 1.19. The van der Waals surface area contributed by atoms with E-state index in [0.29, 0.717) is 32.1 Å². The van der Waals surface area contributed by atoms with E-state index in [1.54, 1.807) is 6.92 Å². The molecule has 4 saturated carbocycles. The second kappa shape index (κ2) is 47.1. The lowest BCUT2D eigenvalue weighted by atomic mass is 9.33. The number of aliphatic hydroxyl groups excluding tert-OH is 23. The first-order valence-electron chi connectivity index (χ1n) is 50.8. The molecule has 53 atom stereocenters. The van der Waals surface area contributed by atoms with Crippen molar-refractivity contribution in [3.63, 3.8) is 0 Å². The van der Waals surface area contributed by atoms with Crippen molar-refractivity contribution in [3.8, 4) is 0 Å². The highest BCUT2D eigenvalue weighted by Crippen LogP contribution is 2.76. The lowest BCUT2D eigenvalue weighted by Gasteiger charge is -2.71. The van der Waals surface area contributed by atoms with Crippen LogP contribution in [0, 0.1) is 50.2 Å². The zero-order valence-electron chi connectivity index (χ0n) is 83.7. The molecule has 14 fully saturated rings. The molecule has 0 spiro atoms. The number of hydrogen-bond acceptors (Lipinski definition) is 50. The quantitative estimate of drug-likeness (QED) is 0.00552. The highest BCUT2D eigenvalue weighted by molar-refractivity contribution is 8.00. The van der Waals surface area contributed by atoms with Gasteiger partial charge in [0.15, 0.2) is 68.6 Å². The van der Waals surface area contributed by atoms with Gasteiger partial charge in [0.05, 0.1) is 75.4 Å². The monoisotopic (exact) mass is 2150 g/mol. The average molecular weight is 2150 g/mol. The molecule has 10 aliphatic heterocycles. The molecule has 25 N–H and O–H groups in total. The summed E-state index contributed by atoms with van der Waals surface area (Å²) < 4.78 is 116. The van der Waals surface area contributed by atoms with E-state index in [9.17, 15) is 147 Å². The molecular weight excluding hydrogens is 2000 g/mol. The predicted octanol–water partition coefficient (Wildman–Crippen LogP) is -8.78. The Hall–Kier alpha value is -4.82. The van der Waals surface area contributed by atoms with Crippen LogP contribution >= 0.6 is 11.8 Å². The minimum Gasteiger partial charge on any atom is -0.479 e. The van der Waals surface area contributed by atoms with Crippen molar-refractivity contribution in [2.45, 2.75) is 435 Å². The molecule has 15 aliphatic rings. The van der Waals surface area contributed by atoms with Crippen molar-refractivity contribution in [2.75, 3.05) is 51.9 Å². The summed E-state index contributed by atoms with van der Waals surface area (Å²) in [5.41, 5.74) is -3.19. The van der Waals surface area contributed by atoms with Gasteiger partial charge in [0, 0.05) is 43.7 Å². The Morgan fingerprint density at radius 1 is 0.486 bits per heavy atom. The van der Waals surface area contributed by atoms with Crippen LogP contribution < -0.4 is 5.43 Å². The number of nitrogens with zero attached hydrogens (tertiary/aromatic N) is 2. The lowest BCUT2D eigenvalue weighted by Crippen LogP contribution is -2.69. The van der Waals surface area contributed by atoms with Gasteiger partial charge in [0.1, 0.15) is 170 Å². The number of aliphatic hydroxyl groups is 23. The molecule has 0 aromatic heterocycles. The number of carbonyl (C=O) groups excluding carboxylic acids is 5. The van der Waals surface area contributed by atoms with E-state index in [1.807, 2.05) is 20.8 Å². The number of carboxylic acids is 1. The zero-order valence-corrected chi connectivity index (χ0v) is 84.5. The molecule has 46 unspecified atom stereocenters. The maximum atomic E-state index is 16.6. The molecule has 3 amide bonds. The smallest absolute Gasteiger partial charge is 0.335 e. The van der Waals surface area contributed by atoms with Crippen LogP contribution in [0.3, 0.4) is 0 Å². The Balaban J connectivity index is 0.730. The Labute approximate surface area is 855 Å². The number of esters is 2. The second-order valence-electron chi connectivity index (χ2n) is 44.0. The number of carbonyl (C=O) groups is 6. The van der Waals surface area contributed by atoms with E-state index in [-0.39, 0.29) is 94.4 Å². The molecular formula is C95H149N3O49S. The largest absolute Gasteiger partial charge is 0.479 e. The zero-order chi connectivity index (χ0) is 108. The lowest BCUT2D eigenvalue weighted by molar-refractivity contribution is -0.392. The van der Waals surface area contributed by atoms with Gasteiger partial charge in [-0.15, -0.1) is 11.8 Å². The van der Waals surface area contributed by atoms with Crippen LogP contribution in [0.5, 0.6) is 0 Å². The molecule has 15 rings (SSSR count). The fraction of sp³-hybridized carbons (Fsp3) is 0.905. The Morgan fingerprint density at radius 3 is 1.58 bits per heavy atom.